The number of nitrogens with one attached hydrogen (secondary N) is 2. The number of primary amides is 1. The molecule has 0 fully saturated rings. The zero-order chi connectivity index (χ0) is 22.1. The van der Waals surface area contributed by atoms with Gasteiger partial charge in [0.1, 0.15) is 5.00 Å². The fourth-order valence-corrected chi connectivity index (χ4v) is 4.98. The number of rotatable bonds is 6. The maximum Gasteiger partial charge on any atom is 0.261 e. The molecule has 0 aliphatic carbocycles. The summed E-state index contributed by atoms with van der Waals surface area (Å²) in [5.41, 5.74) is 6.84. The first kappa shape index (κ1) is 21.8. The predicted molar refractivity (Wildman–Crippen MR) is 119 cm³/mol. The number of thiophene rings is 1. The molecule has 10 heteroatoms. The normalized spacial score (nSPS) is 11.2. The zero-order valence-electron chi connectivity index (χ0n) is 16.0. The lowest BCUT2D eigenvalue weighted by molar-refractivity contribution is 0.100. The number of nitrogens with two attached hydrogens (primary N) is 1. The molecule has 4 N–H and O–H groups in total. The number of carbonyl (C=O) groups is 2. The number of anilines is 2. The molecule has 2 aromatic carbocycles. The van der Waals surface area contributed by atoms with Gasteiger partial charge in [0.25, 0.3) is 21.8 Å². The van der Waals surface area contributed by atoms with Gasteiger partial charge in [-0.15, -0.1) is 11.3 Å². The Bertz CT molecular complexity index is 1240. The Morgan fingerprint density at radius 1 is 1.07 bits per heavy atom. The summed E-state index contributed by atoms with van der Waals surface area (Å²) < 4.78 is 27.5. The van der Waals surface area contributed by atoms with E-state index in [9.17, 15) is 18.0 Å². The third kappa shape index (κ3) is 4.64. The average Bonchev–Trinajstić information content (AvgIpc) is 2.95. The summed E-state index contributed by atoms with van der Waals surface area (Å²) in [6.07, 6.45) is 0. The zero-order valence-corrected chi connectivity index (χ0v) is 18.4. The summed E-state index contributed by atoms with van der Waals surface area (Å²) in [4.78, 5) is 25.3. The second kappa shape index (κ2) is 8.47. The van der Waals surface area contributed by atoms with Crippen LogP contribution in [0, 0.1) is 13.8 Å². The van der Waals surface area contributed by atoms with E-state index in [2.05, 4.69) is 10.0 Å². The number of hydrogen-bond donors (Lipinski definition) is 3. The highest BCUT2D eigenvalue weighted by Gasteiger charge is 2.20. The van der Waals surface area contributed by atoms with Gasteiger partial charge in [0.05, 0.1) is 10.5 Å². The number of carbonyl (C=O) groups excluding carboxylic acids is 2. The summed E-state index contributed by atoms with van der Waals surface area (Å²) in [5.74, 6) is -1.12. The maximum atomic E-state index is 12.7. The van der Waals surface area contributed by atoms with E-state index < -0.39 is 21.8 Å². The van der Waals surface area contributed by atoms with Crippen LogP contribution in [0.15, 0.2) is 53.4 Å². The van der Waals surface area contributed by atoms with Gasteiger partial charge in [0.2, 0.25) is 0 Å². The van der Waals surface area contributed by atoms with E-state index in [4.69, 9.17) is 17.3 Å². The molecule has 0 aliphatic heterocycles. The molecule has 1 aromatic heterocycles. The van der Waals surface area contributed by atoms with Crippen molar-refractivity contribution < 1.29 is 18.0 Å². The summed E-state index contributed by atoms with van der Waals surface area (Å²) in [6.45, 7) is 3.59. The second-order valence-corrected chi connectivity index (χ2v) is 9.79. The molecule has 7 nitrogen and oxygen atoms in total. The minimum atomic E-state index is -3.85. The van der Waals surface area contributed by atoms with Crippen LogP contribution >= 0.6 is 22.9 Å². The highest BCUT2D eigenvalue weighted by atomic mass is 35.5. The largest absolute Gasteiger partial charge is 0.365 e. The molecule has 3 aromatic rings. The minimum Gasteiger partial charge on any atom is -0.365 e. The molecule has 0 aliphatic rings. The Labute approximate surface area is 182 Å². The van der Waals surface area contributed by atoms with Crippen LogP contribution in [0.5, 0.6) is 0 Å². The highest BCUT2D eigenvalue weighted by Crippen LogP contribution is 2.32. The third-order valence-corrected chi connectivity index (χ3v) is 7.13. The van der Waals surface area contributed by atoms with Crippen LogP contribution in [-0.4, -0.2) is 20.2 Å². The average molecular weight is 464 g/mol. The van der Waals surface area contributed by atoms with Crippen molar-refractivity contribution >= 4 is 55.5 Å². The SMILES string of the molecule is Cc1sc(NC(=O)c2cccc(NS(=O)(=O)c3ccc(Cl)cc3)c2)c(C(N)=O)c1C. The van der Waals surface area contributed by atoms with E-state index in [1.807, 2.05) is 6.92 Å². The van der Waals surface area contributed by atoms with Gasteiger partial charge in [-0.1, -0.05) is 17.7 Å². The van der Waals surface area contributed by atoms with Gasteiger partial charge in [0, 0.05) is 21.2 Å². The van der Waals surface area contributed by atoms with E-state index in [0.717, 1.165) is 4.88 Å². The Morgan fingerprint density at radius 3 is 2.37 bits per heavy atom. The summed E-state index contributed by atoms with van der Waals surface area (Å²) in [7, 11) is -3.85. The Hall–Kier alpha value is -2.88. The van der Waals surface area contributed by atoms with Crippen LogP contribution < -0.4 is 15.8 Å². The molecule has 0 bridgehead atoms. The fourth-order valence-electron chi connectivity index (χ4n) is 2.74. The number of sulfonamides is 1. The standard InChI is InChI=1S/C20H18ClN3O4S2/c1-11-12(2)29-20(17(11)18(22)25)23-19(26)13-4-3-5-15(10-13)24-30(27,28)16-8-6-14(21)7-9-16/h3-10,24H,1-2H3,(H2,22,25)(H,23,26). The van der Waals surface area contributed by atoms with Crippen molar-refractivity contribution in [1.29, 1.82) is 0 Å². The van der Waals surface area contributed by atoms with Crippen LogP contribution in [0.25, 0.3) is 0 Å². The molecule has 3 rings (SSSR count). The molecule has 30 heavy (non-hydrogen) atoms. The molecular weight excluding hydrogens is 446 g/mol. The number of amides is 2. The van der Waals surface area contributed by atoms with Crippen molar-refractivity contribution in [3.05, 3.63) is 75.1 Å². The lowest BCUT2D eigenvalue weighted by Gasteiger charge is -2.10. The van der Waals surface area contributed by atoms with Crippen molar-refractivity contribution in [2.45, 2.75) is 18.7 Å². The molecule has 2 amide bonds. The van der Waals surface area contributed by atoms with Gasteiger partial charge in [-0.25, -0.2) is 8.42 Å². The first-order valence-electron chi connectivity index (χ1n) is 8.68. The molecule has 0 atom stereocenters. The van der Waals surface area contributed by atoms with E-state index in [0.29, 0.717) is 15.6 Å². The van der Waals surface area contributed by atoms with Crippen molar-refractivity contribution in [3.8, 4) is 0 Å². The molecule has 0 radical (unpaired) electrons. The third-order valence-electron chi connectivity index (χ3n) is 4.36. The van der Waals surface area contributed by atoms with Crippen LogP contribution in [0.4, 0.5) is 10.7 Å². The Morgan fingerprint density at radius 2 is 1.73 bits per heavy atom. The van der Waals surface area contributed by atoms with Crippen LogP contribution in [0.3, 0.4) is 0 Å². The molecular formula is C20H18ClN3O4S2. The molecule has 1 heterocycles. The molecule has 0 unspecified atom stereocenters. The predicted octanol–water partition coefficient (Wildman–Crippen LogP) is 4.17. The summed E-state index contributed by atoms with van der Waals surface area (Å²) in [6, 6.07) is 11.7. The van der Waals surface area contributed by atoms with E-state index in [1.165, 1.54) is 53.8 Å². The lowest BCUT2D eigenvalue weighted by Crippen LogP contribution is -2.18. The smallest absolute Gasteiger partial charge is 0.261 e. The minimum absolute atomic E-state index is 0.0393. The number of hydrogen-bond acceptors (Lipinski definition) is 5. The Kier molecular flexibility index (Phi) is 6.16. The van der Waals surface area contributed by atoms with Crippen molar-refractivity contribution in [2.24, 2.45) is 5.73 Å². The van der Waals surface area contributed by atoms with Gasteiger partial charge in [-0.05, 0) is 61.9 Å². The van der Waals surface area contributed by atoms with Gasteiger partial charge < -0.3 is 11.1 Å². The van der Waals surface area contributed by atoms with Crippen molar-refractivity contribution in [1.82, 2.24) is 0 Å². The number of benzene rings is 2. The fraction of sp³-hybridized carbons (Fsp3) is 0.100. The monoisotopic (exact) mass is 463 g/mol. The van der Waals surface area contributed by atoms with Gasteiger partial charge in [0.15, 0.2) is 0 Å². The van der Waals surface area contributed by atoms with Crippen LogP contribution in [0.1, 0.15) is 31.2 Å². The number of aryl methyl sites for hydroxylation is 1. The van der Waals surface area contributed by atoms with E-state index in [-0.39, 0.29) is 21.7 Å². The lowest BCUT2D eigenvalue weighted by atomic mass is 10.1. The van der Waals surface area contributed by atoms with Crippen molar-refractivity contribution in [2.75, 3.05) is 10.0 Å². The first-order chi connectivity index (χ1) is 14.1. The van der Waals surface area contributed by atoms with Gasteiger partial charge >= 0.3 is 0 Å². The summed E-state index contributed by atoms with van der Waals surface area (Å²) >= 11 is 7.05. The second-order valence-electron chi connectivity index (χ2n) is 6.45. The van der Waals surface area contributed by atoms with E-state index in [1.54, 1.807) is 13.0 Å². The molecule has 0 spiro atoms. The van der Waals surface area contributed by atoms with Crippen LogP contribution in [-0.2, 0) is 10.0 Å². The number of halogens is 1. The van der Waals surface area contributed by atoms with Gasteiger partial charge in [-0.3, -0.25) is 14.3 Å². The van der Waals surface area contributed by atoms with E-state index >= 15 is 0 Å². The Balaban J connectivity index is 1.83. The van der Waals surface area contributed by atoms with Crippen LogP contribution in [0.2, 0.25) is 5.02 Å². The quantitative estimate of drug-likeness (QED) is 0.508. The first-order valence-corrected chi connectivity index (χ1v) is 11.4. The molecule has 0 saturated carbocycles. The molecule has 0 saturated heterocycles. The highest BCUT2D eigenvalue weighted by molar-refractivity contribution is 7.92. The summed E-state index contributed by atoms with van der Waals surface area (Å²) in [5, 5.41) is 3.46. The molecule has 156 valence electrons. The van der Waals surface area contributed by atoms with Gasteiger partial charge in [-0.2, -0.15) is 0 Å². The topological polar surface area (TPSA) is 118 Å². The maximum absolute atomic E-state index is 12.7. The van der Waals surface area contributed by atoms with Crippen molar-refractivity contribution in [3.63, 3.8) is 0 Å².